The average Bonchev–Trinajstić information content (AvgIpc) is 2.38. The molecule has 19 heavy (non-hydrogen) atoms. The summed E-state index contributed by atoms with van der Waals surface area (Å²) in [6.45, 7) is 2.04. The molecule has 2 aromatic rings. The Morgan fingerprint density at radius 2 is 1.79 bits per heavy atom. The smallest absolute Gasteiger partial charge is 0.240 e. The SMILES string of the molecule is Cc1cccc(S(=O)(=O)NCc2ccc(O)cc2)c1. The summed E-state index contributed by atoms with van der Waals surface area (Å²) in [6.07, 6.45) is 0. The molecule has 0 aliphatic rings. The zero-order valence-electron chi connectivity index (χ0n) is 10.5. The third-order valence-electron chi connectivity index (χ3n) is 2.70. The minimum absolute atomic E-state index is 0.158. The number of aryl methyl sites for hydroxylation is 1. The maximum Gasteiger partial charge on any atom is 0.240 e. The molecular weight excluding hydrogens is 262 g/mol. The van der Waals surface area contributed by atoms with Crippen LogP contribution in [0.25, 0.3) is 0 Å². The molecule has 5 heteroatoms. The maximum absolute atomic E-state index is 12.1. The lowest BCUT2D eigenvalue weighted by Crippen LogP contribution is -2.23. The van der Waals surface area contributed by atoms with E-state index in [0.29, 0.717) is 0 Å². The maximum atomic E-state index is 12.1. The summed E-state index contributed by atoms with van der Waals surface area (Å²) in [7, 11) is -3.50. The van der Waals surface area contributed by atoms with Crippen LogP contribution in [0.2, 0.25) is 0 Å². The zero-order valence-corrected chi connectivity index (χ0v) is 11.3. The molecule has 0 heterocycles. The van der Waals surface area contributed by atoms with Gasteiger partial charge < -0.3 is 5.11 Å². The number of rotatable bonds is 4. The van der Waals surface area contributed by atoms with Crippen LogP contribution >= 0.6 is 0 Å². The number of phenolic OH excluding ortho intramolecular Hbond substituents is 1. The van der Waals surface area contributed by atoms with Gasteiger partial charge in [0.05, 0.1) is 4.90 Å². The summed E-state index contributed by atoms with van der Waals surface area (Å²) < 4.78 is 26.7. The number of sulfonamides is 1. The molecule has 0 unspecified atom stereocenters. The molecule has 4 nitrogen and oxygen atoms in total. The van der Waals surface area contributed by atoms with E-state index in [1.807, 2.05) is 13.0 Å². The van der Waals surface area contributed by atoms with Crippen molar-refractivity contribution in [1.82, 2.24) is 4.72 Å². The predicted octanol–water partition coefficient (Wildman–Crippen LogP) is 2.18. The van der Waals surface area contributed by atoms with Gasteiger partial charge in [-0.15, -0.1) is 0 Å². The Morgan fingerprint density at radius 3 is 2.42 bits per heavy atom. The van der Waals surface area contributed by atoms with Gasteiger partial charge in [0, 0.05) is 6.54 Å². The Kier molecular flexibility index (Phi) is 3.87. The summed E-state index contributed by atoms with van der Waals surface area (Å²) in [6, 6.07) is 13.1. The van der Waals surface area contributed by atoms with E-state index >= 15 is 0 Å². The molecule has 0 bridgehead atoms. The van der Waals surface area contributed by atoms with Crippen molar-refractivity contribution in [2.75, 3.05) is 0 Å². The molecule has 0 fully saturated rings. The highest BCUT2D eigenvalue weighted by atomic mass is 32.2. The first kappa shape index (κ1) is 13.6. The van der Waals surface area contributed by atoms with E-state index in [-0.39, 0.29) is 17.2 Å². The summed E-state index contributed by atoms with van der Waals surface area (Å²) in [5.41, 5.74) is 1.68. The van der Waals surface area contributed by atoms with Crippen molar-refractivity contribution in [3.8, 4) is 5.75 Å². The quantitative estimate of drug-likeness (QED) is 0.900. The second kappa shape index (κ2) is 5.42. The van der Waals surface area contributed by atoms with E-state index in [1.165, 1.54) is 12.1 Å². The average molecular weight is 277 g/mol. The molecule has 0 spiro atoms. The first-order chi connectivity index (χ1) is 8.97. The van der Waals surface area contributed by atoms with Gasteiger partial charge in [-0.2, -0.15) is 0 Å². The van der Waals surface area contributed by atoms with Gasteiger partial charge in [0.25, 0.3) is 0 Å². The van der Waals surface area contributed by atoms with E-state index in [9.17, 15) is 8.42 Å². The lowest BCUT2D eigenvalue weighted by molar-refractivity contribution is 0.475. The second-order valence-corrected chi connectivity index (χ2v) is 6.07. The zero-order chi connectivity index (χ0) is 13.9. The molecule has 0 saturated carbocycles. The first-order valence-corrected chi connectivity index (χ1v) is 7.30. The van der Waals surface area contributed by atoms with Crippen LogP contribution in [0.15, 0.2) is 53.4 Å². The molecule has 2 rings (SSSR count). The largest absolute Gasteiger partial charge is 0.508 e. The third kappa shape index (κ3) is 3.56. The van der Waals surface area contributed by atoms with Gasteiger partial charge in [0.1, 0.15) is 5.75 Å². The monoisotopic (exact) mass is 277 g/mol. The van der Waals surface area contributed by atoms with Crippen LogP contribution in [-0.4, -0.2) is 13.5 Å². The number of benzene rings is 2. The van der Waals surface area contributed by atoms with Crippen LogP contribution in [0, 0.1) is 6.92 Å². The van der Waals surface area contributed by atoms with Gasteiger partial charge >= 0.3 is 0 Å². The molecule has 0 atom stereocenters. The van der Waals surface area contributed by atoms with Crippen LogP contribution in [-0.2, 0) is 16.6 Å². The fourth-order valence-electron chi connectivity index (χ4n) is 1.66. The van der Waals surface area contributed by atoms with Crippen molar-refractivity contribution in [3.05, 3.63) is 59.7 Å². The lowest BCUT2D eigenvalue weighted by Gasteiger charge is -2.07. The van der Waals surface area contributed by atoms with Crippen molar-refractivity contribution in [3.63, 3.8) is 0 Å². The minimum atomic E-state index is -3.50. The molecule has 0 saturated heterocycles. The van der Waals surface area contributed by atoms with Crippen molar-refractivity contribution in [2.24, 2.45) is 0 Å². The van der Waals surface area contributed by atoms with Crippen molar-refractivity contribution in [2.45, 2.75) is 18.4 Å². The number of hydrogen-bond acceptors (Lipinski definition) is 3. The summed E-state index contributed by atoms with van der Waals surface area (Å²) in [5, 5.41) is 9.15. The van der Waals surface area contributed by atoms with E-state index in [0.717, 1.165) is 11.1 Å². The van der Waals surface area contributed by atoms with Gasteiger partial charge in [0.15, 0.2) is 0 Å². The van der Waals surface area contributed by atoms with E-state index in [4.69, 9.17) is 5.11 Å². The Bertz CT molecular complexity index is 663. The highest BCUT2D eigenvalue weighted by Crippen LogP contribution is 2.13. The van der Waals surface area contributed by atoms with E-state index in [1.54, 1.807) is 30.3 Å². The summed E-state index contributed by atoms with van der Waals surface area (Å²) in [5.74, 6) is 0.158. The van der Waals surface area contributed by atoms with Gasteiger partial charge in [-0.3, -0.25) is 0 Å². The van der Waals surface area contributed by atoms with E-state index in [2.05, 4.69) is 4.72 Å². The Hall–Kier alpha value is -1.85. The van der Waals surface area contributed by atoms with Gasteiger partial charge in [-0.25, -0.2) is 13.1 Å². The molecule has 2 aromatic carbocycles. The number of phenols is 1. The van der Waals surface area contributed by atoms with E-state index < -0.39 is 10.0 Å². The van der Waals surface area contributed by atoms with Gasteiger partial charge in [0.2, 0.25) is 10.0 Å². The van der Waals surface area contributed by atoms with Crippen molar-refractivity contribution >= 4 is 10.0 Å². The number of aromatic hydroxyl groups is 1. The second-order valence-electron chi connectivity index (χ2n) is 4.31. The Labute approximate surface area is 112 Å². The number of hydrogen-bond donors (Lipinski definition) is 2. The summed E-state index contributed by atoms with van der Waals surface area (Å²) >= 11 is 0. The fourth-order valence-corrected chi connectivity index (χ4v) is 2.78. The van der Waals surface area contributed by atoms with Crippen molar-refractivity contribution < 1.29 is 13.5 Å². The topological polar surface area (TPSA) is 66.4 Å². The van der Waals surface area contributed by atoms with Crippen LogP contribution in [0.3, 0.4) is 0 Å². The molecule has 2 N–H and O–H groups in total. The third-order valence-corrected chi connectivity index (χ3v) is 4.10. The fraction of sp³-hybridized carbons (Fsp3) is 0.143. The molecule has 0 aliphatic heterocycles. The predicted molar refractivity (Wildman–Crippen MR) is 73.3 cm³/mol. The molecular formula is C14H15NO3S. The normalized spacial score (nSPS) is 11.4. The van der Waals surface area contributed by atoms with Crippen LogP contribution in [0.1, 0.15) is 11.1 Å². The molecule has 0 radical (unpaired) electrons. The Balaban J connectivity index is 2.12. The number of nitrogens with one attached hydrogen (secondary N) is 1. The van der Waals surface area contributed by atoms with Crippen LogP contribution < -0.4 is 4.72 Å². The van der Waals surface area contributed by atoms with Gasteiger partial charge in [-0.1, -0.05) is 24.3 Å². The highest BCUT2D eigenvalue weighted by Gasteiger charge is 2.13. The van der Waals surface area contributed by atoms with Gasteiger partial charge in [-0.05, 0) is 42.3 Å². The standard InChI is InChI=1S/C14H15NO3S/c1-11-3-2-4-14(9-11)19(17,18)15-10-12-5-7-13(16)8-6-12/h2-9,15-16H,10H2,1H3. The minimum Gasteiger partial charge on any atom is -0.508 e. The van der Waals surface area contributed by atoms with Crippen molar-refractivity contribution in [1.29, 1.82) is 0 Å². The van der Waals surface area contributed by atoms with Crippen LogP contribution in [0.4, 0.5) is 0 Å². The molecule has 0 aromatic heterocycles. The summed E-state index contributed by atoms with van der Waals surface area (Å²) in [4.78, 5) is 0.256. The lowest BCUT2D eigenvalue weighted by atomic mass is 10.2. The first-order valence-electron chi connectivity index (χ1n) is 5.82. The van der Waals surface area contributed by atoms with Crippen LogP contribution in [0.5, 0.6) is 5.75 Å². The molecule has 0 amide bonds. The Morgan fingerprint density at radius 1 is 1.11 bits per heavy atom. The highest BCUT2D eigenvalue weighted by molar-refractivity contribution is 7.89. The molecule has 100 valence electrons. The molecule has 0 aliphatic carbocycles.